The minimum atomic E-state index is -6.73. The molecule has 0 saturated heterocycles. The Balaban J connectivity index is 5.52. The topological polar surface area (TPSA) is 119 Å². The van der Waals surface area contributed by atoms with Gasteiger partial charge in [0, 0.05) is 12.0 Å². The van der Waals surface area contributed by atoms with E-state index >= 15 is 0 Å². The Morgan fingerprint density at radius 2 is 1.52 bits per heavy atom. The molecule has 0 saturated carbocycles. The molecule has 0 bridgehead atoms. The quantitative estimate of drug-likeness (QED) is 0.0852. The van der Waals surface area contributed by atoms with Gasteiger partial charge in [-0.15, -0.1) is 0 Å². The van der Waals surface area contributed by atoms with Crippen molar-refractivity contribution in [3.63, 3.8) is 0 Å². The Morgan fingerprint density at radius 3 is 1.94 bits per heavy atom. The Labute approximate surface area is 184 Å². The number of alkyl halides is 7. The van der Waals surface area contributed by atoms with E-state index in [1.165, 1.54) is 0 Å². The largest absolute Gasteiger partial charge is 0.743 e. The van der Waals surface area contributed by atoms with Gasteiger partial charge in [-0.05, 0) is 26.2 Å². The SMILES string of the molecule is C=C(C)C(=O)OC(OCCCCC(F)(F)C(F)(F)S(=O)(=O)[O-])(C(=O)OCCCC)C(F)(F)F. The van der Waals surface area contributed by atoms with E-state index in [4.69, 9.17) is 0 Å². The molecule has 0 aliphatic carbocycles. The molecule has 33 heavy (non-hydrogen) atoms. The van der Waals surface area contributed by atoms with Crippen LogP contribution in [-0.2, 0) is 33.9 Å². The minimum Gasteiger partial charge on any atom is -0.743 e. The summed E-state index contributed by atoms with van der Waals surface area (Å²) in [5, 5.41) is -5.96. The van der Waals surface area contributed by atoms with E-state index in [0.717, 1.165) is 6.92 Å². The molecule has 0 aromatic carbocycles. The maximum atomic E-state index is 13.7. The van der Waals surface area contributed by atoms with E-state index in [1.807, 2.05) is 0 Å². The molecule has 0 aromatic rings. The van der Waals surface area contributed by atoms with Gasteiger partial charge >= 0.3 is 35.1 Å². The van der Waals surface area contributed by atoms with Crippen LogP contribution < -0.4 is 0 Å². The standard InChI is InChI=1S/C17H23F7O8S/c1-4-5-9-30-13(26)15(16(20,21)22,32-12(25)11(2)3)31-10-7-6-8-14(18,19)17(23,24)33(27,28)29/h2,4-10H2,1,3H3,(H,27,28,29)/p-1. The van der Waals surface area contributed by atoms with Gasteiger partial charge in [-0.2, -0.15) is 30.7 Å². The number of esters is 2. The molecule has 0 N–H and O–H groups in total. The highest BCUT2D eigenvalue weighted by Gasteiger charge is 2.68. The van der Waals surface area contributed by atoms with Gasteiger partial charge in [0.15, 0.2) is 10.1 Å². The lowest BCUT2D eigenvalue weighted by molar-refractivity contribution is -0.354. The molecule has 0 fully saturated rings. The number of carbonyl (C=O) groups excluding carboxylic acids is 2. The normalized spacial score (nSPS) is 15.0. The van der Waals surface area contributed by atoms with Gasteiger partial charge in [-0.3, -0.25) is 0 Å². The third kappa shape index (κ3) is 7.81. The van der Waals surface area contributed by atoms with Crippen LogP contribution in [0.25, 0.3) is 0 Å². The van der Waals surface area contributed by atoms with Crippen LogP contribution in [0.4, 0.5) is 30.7 Å². The van der Waals surface area contributed by atoms with Crippen LogP contribution in [0.5, 0.6) is 0 Å². The van der Waals surface area contributed by atoms with Crippen molar-refractivity contribution < 1.29 is 67.5 Å². The van der Waals surface area contributed by atoms with Crippen LogP contribution in [0.2, 0.25) is 0 Å². The Morgan fingerprint density at radius 1 is 0.970 bits per heavy atom. The van der Waals surface area contributed by atoms with Crippen LogP contribution in [0.3, 0.4) is 0 Å². The van der Waals surface area contributed by atoms with Crippen LogP contribution in [-0.4, -0.2) is 61.3 Å². The summed E-state index contributed by atoms with van der Waals surface area (Å²) in [5.74, 6) is -13.5. The van der Waals surface area contributed by atoms with Gasteiger partial charge < -0.3 is 18.8 Å². The molecular formula is C17H22F7O8S-. The third-order valence-electron chi connectivity index (χ3n) is 3.89. The monoisotopic (exact) mass is 519 g/mol. The molecule has 16 heteroatoms. The van der Waals surface area contributed by atoms with Gasteiger partial charge in [0.25, 0.3) is 0 Å². The second-order valence-corrected chi connectivity index (χ2v) is 8.18. The summed E-state index contributed by atoms with van der Waals surface area (Å²) in [6.45, 7) is 3.89. The van der Waals surface area contributed by atoms with Crippen molar-refractivity contribution >= 4 is 22.1 Å². The second kappa shape index (κ2) is 11.5. The van der Waals surface area contributed by atoms with Crippen molar-refractivity contribution in [2.24, 2.45) is 0 Å². The highest BCUT2D eigenvalue weighted by molar-refractivity contribution is 7.86. The van der Waals surface area contributed by atoms with Crippen molar-refractivity contribution in [2.45, 2.75) is 69.1 Å². The summed E-state index contributed by atoms with van der Waals surface area (Å²) in [5.41, 5.74) is -0.561. The van der Waals surface area contributed by atoms with Gasteiger partial charge in [0.05, 0.1) is 13.2 Å². The van der Waals surface area contributed by atoms with Gasteiger partial charge in [-0.25, -0.2) is 18.0 Å². The second-order valence-electron chi connectivity index (χ2n) is 6.75. The van der Waals surface area contributed by atoms with Gasteiger partial charge in [0.1, 0.15) is 0 Å². The van der Waals surface area contributed by atoms with Gasteiger partial charge in [0.2, 0.25) is 0 Å². The highest BCUT2D eigenvalue weighted by Crippen LogP contribution is 2.42. The summed E-state index contributed by atoms with van der Waals surface area (Å²) >= 11 is 0. The third-order valence-corrected chi connectivity index (χ3v) is 4.81. The lowest BCUT2D eigenvalue weighted by Gasteiger charge is -2.32. The maximum Gasteiger partial charge on any atom is 0.468 e. The highest BCUT2D eigenvalue weighted by atomic mass is 32.2. The van der Waals surface area contributed by atoms with Crippen LogP contribution in [0, 0.1) is 0 Å². The summed E-state index contributed by atoms with van der Waals surface area (Å²) < 4.78 is 138. The van der Waals surface area contributed by atoms with Crippen LogP contribution >= 0.6 is 0 Å². The summed E-state index contributed by atoms with van der Waals surface area (Å²) in [7, 11) is -6.73. The van der Waals surface area contributed by atoms with E-state index < -0.39 is 83.2 Å². The molecule has 194 valence electrons. The molecule has 1 atom stereocenters. The zero-order valence-corrected chi connectivity index (χ0v) is 18.3. The first kappa shape index (κ1) is 31.1. The molecule has 0 rings (SSSR count). The maximum absolute atomic E-state index is 13.7. The fraction of sp³-hybridized carbons (Fsp3) is 0.765. The lowest BCUT2D eigenvalue weighted by Crippen LogP contribution is -2.58. The molecule has 1 unspecified atom stereocenters. The fourth-order valence-corrected chi connectivity index (χ4v) is 2.47. The summed E-state index contributed by atoms with van der Waals surface area (Å²) in [6.07, 6.45) is -9.01. The average Bonchev–Trinajstić information content (AvgIpc) is 2.64. The van der Waals surface area contributed by atoms with Crippen LogP contribution in [0.1, 0.15) is 46.0 Å². The zero-order valence-electron chi connectivity index (χ0n) is 17.5. The number of halogens is 7. The van der Waals surface area contributed by atoms with Crippen molar-refractivity contribution in [3.05, 3.63) is 12.2 Å². The summed E-state index contributed by atoms with van der Waals surface area (Å²) in [4.78, 5) is 23.8. The number of rotatable bonds is 14. The van der Waals surface area contributed by atoms with Crippen molar-refractivity contribution in [1.82, 2.24) is 0 Å². The van der Waals surface area contributed by atoms with E-state index in [-0.39, 0.29) is 6.42 Å². The smallest absolute Gasteiger partial charge is 0.468 e. The first-order valence-electron chi connectivity index (χ1n) is 9.24. The van der Waals surface area contributed by atoms with Crippen LogP contribution in [0.15, 0.2) is 12.2 Å². The summed E-state index contributed by atoms with van der Waals surface area (Å²) in [6, 6.07) is 0. The molecule has 0 aliphatic rings. The zero-order chi connectivity index (χ0) is 26.3. The number of hydrogen-bond donors (Lipinski definition) is 0. The molecule has 0 radical (unpaired) electrons. The predicted octanol–water partition coefficient (Wildman–Crippen LogP) is 3.67. The predicted molar refractivity (Wildman–Crippen MR) is 95.0 cm³/mol. The molecule has 0 spiro atoms. The fourth-order valence-electron chi connectivity index (χ4n) is 2.00. The molecule has 0 aromatic heterocycles. The lowest BCUT2D eigenvalue weighted by atomic mass is 10.1. The number of ether oxygens (including phenoxy) is 3. The first-order valence-corrected chi connectivity index (χ1v) is 10.7. The van der Waals surface area contributed by atoms with Crippen molar-refractivity contribution in [1.29, 1.82) is 0 Å². The molecule has 0 aliphatic heterocycles. The minimum absolute atomic E-state index is 0.139. The van der Waals surface area contributed by atoms with E-state index in [1.54, 1.807) is 6.92 Å². The van der Waals surface area contributed by atoms with Gasteiger partial charge in [-0.1, -0.05) is 19.9 Å². The molecule has 0 heterocycles. The van der Waals surface area contributed by atoms with Crippen molar-refractivity contribution in [3.8, 4) is 0 Å². The molecular weight excluding hydrogens is 497 g/mol. The number of unbranched alkanes of at least 4 members (excludes halogenated alkanes) is 2. The van der Waals surface area contributed by atoms with E-state index in [0.29, 0.717) is 6.42 Å². The Kier molecular flexibility index (Phi) is 10.8. The molecule has 0 amide bonds. The number of hydrogen-bond acceptors (Lipinski definition) is 8. The van der Waals surface area contributed by atoms with E-state index in [9.17, 15) is 53.3 Å². The van der Waals surface area contributed by atoms with E-state index in [2.05, 4.69) is 20.8 Å². The number of carbonyl (C=O) groups is 2. The average molecular weight is 519 g/mol. The van der Waals surface area contributed by atoms with Crippen molar-refractivity contribution in [2.75, 3.05) is 13.2 Å². The Bertz CT molecular complexity index is 811. The first-order chi connectivity index (χ1) is 14.8. The molecule has 8 nitrogen and oxygen atoms in total. The Hall–Kier alpha value is -1.94.